The summed E-state index contributed by atoms with van der Waals surface area (Å²) >= 11 is 3.36. The molecule has 12 heavy (non-hydrogen) atoms. The molecular weight excluding hydrogens is 218 g/mol. The van der Waals surface area contributed by atoms with Crippen molar-refractivity contribution in [1.29, 1.82) is 0 Å². The molecule has 0 fully saturated rings. The molecule has 1 rings (SSSR count). The van der Waals surface area contributed by atoms with Crippen LogP contribution in [0.4, 0.5) is 5.69 Å². The third-order valence-electron chi connectivity index (χ3n) is 1.54. The molecule has 0 heterocycles. The molecule has 0 aliphatic carbocycles. The van der Waals surface area contributed by atoms with Crippen LogP contribution in [0.25, 0.3) is 0 Å². The van der Waals surface area contributed by atoms with Gasteiger partial charge in [-0.05, 0) is 40.5 Å². The van der Waals surface area contributed by atoms with Gasteiger partial charge in [-0.2, -0.15) is 0 Å². The molecule has 0 atom stereocenters. The molecule has 1 aromatic carbocycles. The second-order valence-corrected chi connectivity index (χ2v) is 3.35. The molecule has 0 saturated carbocycles. The summed E-state index contributed by atoms with van der Waals surface area (Å²) in [7, 11) is 0. The predicted octanol–water partition coefficient (Wildman–Crippen LogP) is 2.57. The molecule has 2 nitrogen and oxygen atoms in total. The van der Waals surface area contributed by atoms with Crippen LogP contribution >= 0.6 is 15.9 Å². The Morgan fingerprint density at radius 2 is 2.25 bits per heavy atom. The Labute approximate surface area is 80.8 Å². The first-order valence-corrected chi connectivity index (χ1v) is 4.65. The molecule has 3 heteroatoms. The fourth-order valence-corrected chi connectivity index (χ4v) is 1.31. The van der Waals surface area contributed by atoms with E-state index in [1.807, 2.05) is 25.1 Å². The van der Waals surface area contributed by atoms with Gasteiger partial charge in [-0.1, -0.05) is 6.07 Å². The van der Waals surface area contributed by atoms with Crippen molar-refractivity contribution in [2.45, 2.75) is 13.5 Å². The van der Waals surface area contributed by atoms with E-state index < -0.39 is 0 Å². The number of hydrogen-bond donors (Lipinski definition) is 1. The van der Waals surface area contributed by atoms with Gasteiger partial charge in [0.2, 0.25) is 0 Å². The third-order valence-corrected chi connectivity index (χ3v) is 2.22. The van der Waals surface area contributed by atoms with E-state index in [2.05, 4.69) is 15.9 Å². The quantitative estimate of drug-likeness (QED) is 0.810. The summed E-state index contributed by atoms with van der Waals surface area (Å²) in [4.78, 5) is 0. The van der Waals surface area contributed by atoms with Gasteiger partial charge in [-0.15, -0.1) is 0 Å². The number of anilines is 1. The molecular formula is C9H12BrNO. The van der Waals surface area contributed by atoms with Gasteiger partial charge >= 0.3 is 0 Å². The van der Waals surface area contributed by atoms with Gasteiger partial charge in [0, 0.05) is 16.8 Å². The minimum absolute atomic E-state index is 0.648. The number of hydrogen-bond acceptors (Lipinski definition) is 2. The summed E-state index contributed by atoms with van der Waals surface area (Å²) in [6, 6.07) is 5.82. The SMILES string of the molecule is CCOCc1ccc(N)c(Br)c1. The van der Waals surface area contributed by atoms with E-state index in [0.717, 1.165) is 22.3 Å². The molecule has 0 radical (unpaired) electrons. The Hall–Kier alpha value is -0.540. The molecule has 1 aromatic rings. The first-order valence-electron chi connectivity index (χ1n) is 3.85. The summed E-state index contributed by atoms with van der Waals surface area (Å²) < 4.78 is 6.18. The van der Waals surface area contributed by atoms with Crippen LogP contribution in [0, 0.1) is 0 Å². The molecule has 0 saturated heterocycles. The topological polar surface area (TPSA) is 35.2 Å². The van der Waals surface area contributed by atoms with Crippen molar-refractivity contribution >= 4 is 21.6 Å². The highest BCUT2D eigenvalue weighted by Crippen LogP contribution is 2.20. The van der Waals surface area contributed by atoms with E-state index >= 15 is 0 Å². The molecule has 0 unspecified atom stereocenters. The lowest BCUT2D eigenvalue weighted by Crippen LogP contribution is -1.93. The molecule has 0 aliphatic heterocycles. The number of halogens is 1. The van der Waals surface area contributed by atoms with Crippen molar-refractivity contribution in [3.63, 3.8) is 0 Å². The lowest BCUT2D eigenvalue weighted by Gasteiger charge is -2.03. The van der Waals surface area contributed by atoms with Crippen molar-refractivity contribution in [2.75, 3.05) is 12.3 Å². The molecule has 0 aliphatic rings. The second kappa shape index (κ2) is 4.48. The second-order valence-electron chi connectivity index (χ2n) is 2.49. The van der Waals surface area contributed by atoms with Crippen LogP contribution in [0.5, 0.6) is 0 Å². The number of benzene rings is 1. The number of nitrogens with two attached hydrogens (primary N) is 1. The number of ether oxygens (including phenoxy) is 1. The van der Waals surface area contributed by atoms with E-state index in [0.29, 0.717) is 6.61 Å². The average Bonchev–Trinajstić information content (AvgIpc) is 2.07. The van der Waals surface area contributed by atoms with Crippen LogP contribution in [0.1, 0.15) is 12.5 Å². The van der Waals surface area contributed by atoms with Crippen molar-refractivity contribution in [3.8, 4) is 0 Å². The van der Waals surface area contributed by atoms with Gasteiger partial charge in [0.15, 0.2) is 0 Å². The summed E-state index contributed by atoms with van der Waals surface area (Å²) in [5, 5.41) is 0. The Kier molecular flexibility index (Phi) is 3.56. The van der Waals surface area contributed by atoms with Crippen LogP contribution < -0.4 is 5.73 Å². The molecule has 0 spiro atoms. The van der Waals surface area contributed by atoms with Crippen molar-refractivity contribution < 1.29 is 4.74 Å². The maximum Gasteiger partial charge on any atom is 0.0717 e. The normalized spacial score (nSPS) is 10.2. The Morgan fingerprint density at radius 1 is 1.50 bits per heavy atom. The standard InChI is InChI=1S/C9H12BrNO/c1-2-12-6-7-3-4-9(11)8(10)5-7/h3-5H,2,6,11H2,1H3. The third kappa shape index (κ3) is 2.50. The molecule has 0 amide bonds. The Morgan fingerprint density at radius 3 is 2.83 bits per heavy atom. The van der Waals surface area contributed by atoms with E-state index in [9.17, 15) is 0 Å². The summed E-state index contributed by atoms with van der Waals surface area (Å²) in [5.41, 5.74) is 7.53. The van der Waals surface area contributed by atoms with Gasteiger partial charge in [-0.3, -0.25) is 0 Å². The monoisotopic (exact) mass is 229 g/mol. The molecule has 2 N–H and O–H groups in total. The van der Waals surface area contributed by atoms with Crippen molar-refractivity contribution in [1.82, 2.24) is 0 Å². The van der Waals surface area contributed by atoms with Gasteiger partial charge < -0.3 is 10.5 Å². The Balaban J connectivity index is 2.69. The van der Waals surface area contributed by atoms with Crippen molar-refractivity contribution in [2.24, 2.45) is 0 Å². The van der Waals surface area contributed by atoms with Gasteiger partial charge in [0.05, 0.1) is 6.61 Å². The smallest absolute Gasteiger partial charge is 0.0717 e. The van der Waals surface area contributed by atoms with Crippen LogP contribution in [0.3, 0.4) is 0 Å². The first-order chi connectivity index (χ1) is 5.74. The maximum atomic E-state index is 5.63. The van der Waals surface area contributed by atoms with Crippen LogP contribution in [0.2, 0.25) is 0 Å². The van der Waals surface area contributed by atoms with Crippen LogP contribution in [-0.4, -0.2) is 6.61 Å². The Bertz CT molecular complexity index is 263. The van der Waals surface area contributed by atoms with E-state index in [1.54, 1.807) is 0 Å². The highest BCUT2D eigenvalue weighted by molar-refractivity contribution is 9.10. The van der Waals surface area contributed by atoms with E-state index in [4.69, 9.17) is 10.5 Å². The predicted molar refractivity (Wildman–Crippen MR) is 53.9 cm³/mol. The summed E-state index contributed by atoms with van der Waals surface area (Å²) in [6.45, 7) is 3.36. The van der Waals surface area contributed by atoms with Crippen LogP contribution in [0.15, 0.2) is 22.7 Å². The molecule has 0 bridgehead atoms. The lowest BCUT2D eigenvalue weighted by molar-refractivity contribution is 0.134. The van der Waals surface area contributed by atoms with Crippen LogP contribution in [-0.2, 0) is 11.3 Å². The van der Waals surface area contributed by atoms with Crippen molar-refractivity contribution in [3.05, 3.63) is 28.2 Å². The largest absolute Gasteiger partial charge is 0.398 e. The zero-order valence-electron chi connectivity index (χ0n) is 7.01. The highest BCUT2D eigenvalue weighted by atomic mass is 79.9. The minimum Gasteiger partial charge on any atom is -0.398 e. The zero-order chi connectivity index (χ0) is 8.97. The average molecular weight is 230 g/mol. The van der Waals surface area contributed by atoms with Gasteiger partial charge in [-0.25, -0.2) is 0 Å². The summed E-state index contributed by atoms with van der Waals surface area (Å²) in [5.74, 6) is 0. The zero-order valence-corrected chi connectivity index (χ0v) is 8.60. The molecule has 66 valence electrons. The van der Waals surface area contributed by atoms with E-state index in [1.165, 1.54) is 0 Å². The first kappa shape index (κ1) is 9.55. The van der Waals surface area contributed by atoms with Gasteiger partial charge in [0.25, 0.3) is 0 Å². The number of rotatable bonds is 3. The fourth-order valence-electron chi connectivity index (χ4n) is 0.880. The summed E-state index contributed by atoms with van der Waals surface area (Å²) in [6.07, 6.45) is 0. The molecule has 0 aromatic heterocycles. The minimum atomic E-state index is 0.648. The highest BCUT2D eigenvalue weighted by Gasteiger charge is 1.97. The van der Waals surface area contributed by atoms with E-state index in [-0.39, 0.29) is 0 Å². The number of nitrogen functional groups attached to an aromatic ring is 1. The fraction of sp³-hybridized carbons (Fsp3) is 0.333. The maximum absolute atomic E-state index is 5.63. The van der Waals surface area contributed by atoms with Gasteiger partial charge in [0.1, 0.15) is 0 Å². The lowest BCUT2D eigenvalue weighted by atomic mass is 10.2.